The van der Waals surface area contributed by atoms with Crippen LogP contribution in [-0.2, 0) is 0 Å². The van der Waals surface area contributed by atoms with Crippen molar-refractivity contribution in [3.63, 3.8) is 0 Å². The number of rotatable bonds is 10. The molecule has 0 spiro atoms. The number of para-hydroxylation sites is 1. The molecule has 0 saturated heterocycles. The van der Waals surface area contributed by atoms with Crippen molar-refractivity contribution in [2.75, 3.05) is 19.8 Å². The number of benzene rings is 1. The van der Waals surface area contributed by atoms with E-state index in [0.717, 1.165) is 38.0 Å². The largest absolute Gasteiger partial charge is 0.493 e. The van der Waals surface area contributed by atoms with E-state index < -0.39 is 0 Å². The monoisotopic (exact) mass is 279 g/mol. The third-order valence-electron chi connectivity index (χ3n) is 3.88. The van der Waals surface area contributed by atoms with Crippen LogP contribution in [0.4, 0.5) is 0 Å². The number of hydrogen-bond acceptors (Lipinski definition) is 3. The minimum Gasteiger partial charge on any atom is -0.493 e. The highest BCUT2D eigenvalue weighted by atomic mass is 16.5. The van der Waals surface area contributed by atoms with Gasteiger partial charge in [-0.25, -0.2) is 0 Å². The van der Waals surface area contributed by atoms with Crippen LogP contribution in [0.5, 0.6) is 5.75 Å². The van der Waals surface area contributed by atoms with Gasteiger partial charge in [0.2, 0.25) is 0 Å². The molecule has 1 rings (SSSR count). The molecule has 1 aromatic carbocycles. The van der Waals surface area contributed by atoms with Crippen LogP contribution in [0, 0.1) is 6.92 Å². The molecule has 0 aliphatic heterocycles. The Morgan fingerprint density at radius 3 is 2.60 bits per heavy atom. The van der Waals surface area contributed by atoms with Gasteiger partial charge in [-0.15, -0.1) is 0 Å². The summed E-state index contributed by atoms with van der Waals surface area (Å²) in [5, 5.41) is 13.1. The van der Waals surface area contributed by atoms with Gasteiger partial charge in [-0.05, 0) is 50.8 Å². The minimum absolute atomic E-state index is 0.148. The molecule has 3 nitrogen and oxygen atoms in total. The highest BCUT2D eigenvalue weighted by molar-refractivity contribution is 5.31. The summed E-state index contributed by atoms with van der Waals surface area (Å²) in [6.45, 7) is 8.16. The molecule has 0 radical (unpaired) electrons. The normalized spacial score (nSPS) is 14.0. The van der Waals surface area contributed by atoms with Gasteiger partial charge in [-0.3, -0.25) is 0 Å². The molecule has 20 heavy (non-hydrogen) atoms. The lowest BCUT2D eigenvalue weighted by Gasteiger charge is -2.32. The van der Waals surface area contributed by atoms with E-state index in [-0.39, 0.29) is 12.1 Å². The smallest absolute Gasteiger partial charge is 0.122 e. The Kier molecular flexibility index (Phi) is 7.63. The predicted octanol–water partition coefficient (Wildman–Crippen LogP) is 3.29. The van der Waals surface area contributed by atoms with Gasteiger partial charge < -0.3 is 15.2 Å². The standard InChI is InChI=1S/C17H29NO2/c1-4-12-18-17(5-2,14-19)11-8-13-20-16-10-7-6-9-15(16)3/h6-7,9-10,18-19H,4-5,8,11-14H2,1-3H3. The van der Waals surface area contributed by atoms with Gasteiger partial charge in [0, 0.05) is 5.54 Å². The third-order valence-corrected chi connectivity index (χ3v) is 3.88. The zero-order valence-electron chi connectivity index (χ0n) is 13.1. The number of ether oxygens (including phenoxy) is 1. The van der Waals surface area contributed by atoms with E-state index in [1.807, 2.05) is 18.2 Å². The Balaban J connectivity index is 2.39. The van der Waals surface area contributed by atoms with Crippen LogP contribution in [0.2, 0.25) is 0 Å². The van der Waals surface area contributed by atoms with Gasteiger partial charge in [0.1, 0.15) is 5.75 Å². The summed E-state index contributed by atoms with van der Waals surface area (Å²) < 4.78 is 5.82. The Labute approximate surface area is 123 Å². The van der Waals surface area contributed by atoms with E-state index in [2.05, 4.69) is 32.2 Å². The molecule has 114 valence electrons. The van der Waals surface area contributed by atoms with Crippen molar-refractivity contribution in [3.8, 4) is 5.75 Å². The van der Waals surface area contributed by atoms with Crippen LogP contribution in [-0.4, -0.2) is 30.4 Å². The van der Waals surface area contributed by atoms with Crippen molar-refractivity contribution in [2.24, 2.45) is 0 Å². The Morgan fingerprint density at radius 2 is 2.00 bits per heavy atom. The van der Waals surface area contributed by atoms with E-state index in [1.165, 1.54) is 5.56 Å². The molecular weight excluding hydrogens is 250 g/mol. The lowest BCUT2D eigenvalue weighted by molar-refractivity contribution is 0.138. The predicted molar refractivity (Wildman–Crippen MR) is 84.3 cm³/mol. The first-order valence-electron chi connectivity index (χ1n) is 7.71. The van der Waals surface area contributed by atoms with Gasteiger partial charge in [0.15, 0.2) is 0 Å². The molecule has 0 aliphatic rings. The van der Waals surface area contributed by atoms with Crippen molar-refractivity contribution in [3.05, 3.63) is 29.8 Å². The van der Waals surface area contributed by atoms with Crippen molar-refractivity contribution in [1.29, 1.82) is 0 Å². The van der Waals surface area contributed by atoms with Crippen LogP contribution < -0.4 is 10.1 Å². The molecule has 0 bridgehead atoms. The number of hydrogen-bond donors (Lipinski definition) is 2. The fraction of sp³-hybridized carbons (Fsp3) is 0.647. The van der Waals surface area contributed by atoms with E-state index in [4.69, 9.17) is 4.74 Å². The summed E-state index contributed by atoms with van der Waals surface area (Å²) in [7, 11) is 0. The van der Waals surface area contributed by atoms with Crippen LogP contribution in [0.15, 0.2) is 24.3 Å². The molecule has 1 aromatic rings. The van der Waals surface area contributed by atoms with Gasteiger partial charge in [0.25, 0.3) is 0 Å². The molecule has 0 amide bonds. The molecule has 3 heteroatoms. The summed E-state index contributed by atoms with van der Waals surface area (Å²) in [4.78, 5) is 0. The Hall–Kier alpha value is -1.06. The summed E-state index contributed by atoms with van der Waals surface area (Å²) in [6.07, 6.45) is 3.90. The maximum atomic E-state index is 9.66. The second-order valence-electron chi connectivity index (χ2n) is 5.44. The van der Waals surface area contributed by atoms with E-state index >= 15 is 0 Å². The highest BCUT2D eigenvalue weighted by Crippen LogP contribution is 2.19. The fourth-order valence-electron chi connectivity index (χ4n) is 2.34. The molecule has 0 aromatic heterocycles. The first-order valence-corrected chi connectivity index (χ1v) is 7.71. The van der Waals surface area contributed by atoms with E-state index in [9.17, 15) is 5.11 Å². The Bertz CT molecular complexity index is 375. The topological polar surface area (TPSA) is 41.5 Å². The van der Waals surface area contributed by atoms with Crippen LogP contribution in [0.1, 0.15) is 45.1 Å². The Morgan fingerprint density at radius 1 is 1.25 bits per heavy atom. The van der Waals surface area contributed by atoms with Crippen LogP contribution >= 0.6 is 0 Å². The zero-order chi connectivity index (χ0) is 14.8. The number of aryl methyl sites for hydroxylation is 1. The molecule has 0 heterocycles. The second-order valence-corrected chi connectivity index (χ2v) is 5.44. The zero-order valence-corrected chi connectivity index (χ0v) is 13.1. The summed E-state index contributed by atoms with van der Waals surface area (Å²) in [6, 6.07) is 8.08. The maximum absolute atomic E-state index is 9.66. The molecule has 0 fully saturated rings. The summed E-state index contributed by atoms with van der Waals surface area (Å²) in [5.41, 5.74) is 1.02. The van der Waals surface area contributed by atoms with Gasteiger partial charge in [-0.2, -0.15) is 0 Å². The first-order chi connectivity index (χ1) is 9.67. The molecular formula is C17H29NO2. The van der Waals surface area contributed by atoms with Crippen molar-refractivity contribution < 1.29 is 9.84 Å². The minimum atomic E-state index is -0.148. The average molecular weight is 279 g/mol. The third kappa shape index (κ3) is 5.14. The van der Waals surface area contributed by atoms with Crippen molar-refractivity contribution >= 4 is 0 Å². The first kappa shape index (κ1) is 17.0. The SMILES string of the molecule is CCCNC(CC)(CO)CCCOc1ccccc1C. The lowest BCUT2D eigenvalue weighted by Crippen LogP contribution is -2.48. The highest BCUT2D eigenvalue weighted by Gasteiger charge is 2.25. The molecule has 0 aliphatic carbocycles. The number of aliphatic hydroxyl groups excluding tert-OH is 1. The van der Waals surface area contributed by atoms with Gasteiger partial charge >= 0.3 is 0 Å². The maximum Gasteiger partial charge on any atom is 0.122 e. The van der Waals surface area contributed by atoms with Crippen LogP contribution in [0.3, 0.4) is 0 Å². The van der Waals surface area contributed by atoms with Gasteiger partial charge in [0.05, 0.1) is 13.2 Å². The van der Waals surface area contributed by atoms with Gasteiger partial charge in [-0.1, -0.05) is 32.0 Å². The molecule has 0 saturated carbocycles. The van der Waals surface area contributed by atoms with Crippen LogP contribution in [0.25, 0.3) is 0 Å². The van der Waals surface area contributed by atoms with Crippen molar-refractivity contribution in [2.45, 2.75) is 52.0 Å². The van der Waals surface area contributed by atoms with E-state index in [0.29, 0.717) is 6.61 Å². The quantitative estimate of drug-likeness (QED) is 0.646. The second kappa shape index (κ2) is 8.98. The van der Waals surface area contributed by atoms with E-state index in [1.54, 1.807) is 0 Å². The molecule has 1 atom stereocenters. The number of nitrogens with one attached hydrogen (secondary N) is 1. The summed E-state index contributed by atoms with van der Waals surface area (Å²) >= 11 is 0. The number of aliphatic hydroxyl groups is 1. The lowest BCUT2D eigenvalue weighted by atomic mass is 9.91. The molecule has 1 unspecified atom stereocenters. The summed E-state index contributed by atoms with van der Waals surface area (Å²) in [5.74, 6) is 0.958. The van der Waals surface area contributed by atoms with Crippen molar-refractivity contribution in [1.82, 2.24) is 5.32 Å². The fourth-order valence-corrected chi connectivity index (χ4v) is 2.34. The average Bonchev–Trinajstić information content (AvgIpc) is 2.49. The molecule has 2 N–H and O–H groups in total.